The smallest absolute Gasteiger partial charge is 0.169 e. The first-order chi connectivity index (χ1) is 6.12. The van der Waals surface area contributed by atoms with Gasteiger partial charge in [0.1, 0.15) is 0 Å². The first-order valence-corrected chi connectivity index (χ1v) is 5.34. The quantitative estimate of drug-likeness (QED) is 0.452. The molecule has 0 atom stereocenters. The molecule has 0 amide bonds. The summed E-state index contributed by atoms with van der Waals surface area (Å²) < 4.78 is 5.39. The van der Waals surface area contributed by atoms with Crippen molar-refractivity contribution in [1.29, 1.82) is 0 Å². The molecule has 0 saturated carbocycles. The second-order valence-corrected chi connectivity index (χ2v) is 3.61. The summed E-state index contributed by atoms with van der Waals surface area (Å²) in [6.45, 7) is 4.97. The number of unbranched alkanes of at least 4 members (excludes halogenated alkanes) is 3. The standard InChI is InChI=1S/C10H24N2O/c1-3-5-7-9-13-10(11,12)8-6-4-2/h3-9,11-12H2,1-2H3. The predicted molar refractivity (Wildman–Crippen MR) is 56.1 cm³/mol. The minimum atomic E-state index is -0.899. The molecule has 0 saturated heterocycles. The fraction of sp³-hybridized carbons (Fsp3) is 1.00. The average Bonchev–Trinajstić information content (AvgIpc) is 2.09. The van der Waals surface area contributed by atoms with E-state index in [1.807, 2.05) is 0 Å². The summed E-state index contributed by atoms with van der Waals surface area (Å²) in [6, 6.07) is 0. The Labute approximate surface area is 81.8 Å². The predicted octanol–water partition coefficient (Wildman–Crippen LogP) is 1.95. The van der Waals surface area contributed by atoms with Gasteiger partial charge in [0.15, 0.2) is 5.85 Å². The molecule has 3 nitrogen and oxygen atoms in total. The highest BCUT2D eigenvalue weighted by atomic mass is 16.5. The van der Waals surface area contributed by atoms with E-state index in [1.165, 1.54) is 12.8 Å². The molecule has 0 bridgehead atoms. The summed E-state index contributed by atoms with van der Waals surface area (Å²) in [5.41, 5.74) is 11.5. The molecule has 0 fully saturated rings. The van der Waals surface area contributed by atoms with E-state index < -0.39 is 5.85 Å². The minimum Gasteiger partial charge on any atom is -0.348 e. The Morgan fingerprint density at radius 1 is 1.00 bits per heavy atom. The molecule has 0 aliphatic rings. The van der Waals surface area contributed by atoms with Gasteiger partial charge in [-0.15, -0.1) is 0 Å². The molecule has 0 aliphatic carbocycles. The molecule has 0 heterocycles. The van der Waals surface area contributed by atoms with Gasteiger partial charge < -0.3 is 4.74 Å². The average molecular weight is 188 g/mol. The van der Waals surface area contributed by atoms with Crippen molar-refractivity contribution >= 4 is 0 Å². The van der Waals surface area contributed by atoms with Crippen molar-refractivity contribution in [2.24, 2.45) is 11.5 Å². The topological polar surface area (TPSA) is 61.3 Å². The van der Waals surface area contributed by atoms with Gasteiger partial charge in [0.05, 0.1) is 6.61 Å². The monoisotopic (exact) mass is 188 g/mol. The van der Waals surface area contributed by atoms with Gasteiger partial charge in [0.2, 0.25) is 0 Å². The van der Waals surface area contributed by atoms with Crippen LogP contribution in [0.4, 0.5) is 0 Å². The molecule has 4 N–H and O–H groups in total. The molecule has 0 aromatic rings. The third-order valence-electron chi connectivity index (χ3n) is 2.04. The number of hydrogen-bond donors (Lipinski definition) is 2. The van der Waals surface area contributed by atoms with E-state index in [-0.39, 0.29) is 0 Å². The first-order valence-electron chi connectivity index (χ1n) is 5.34. The van der Waals surface area contributed by atoms with E-state index in [4.69, 9.17) is 16.2 Å². The van der Waals surface area contributed by atoms with Crippen LogP contribution in [0.5, 0.6) is 0 Å². The summed E-state index contributed by atoms with van der Waals surface area (Å²) in [5.74, 6) is -0.899. The summed E-state index contributed by atoms with van der Waals surface area (Å²) in [6.07, 6.45) is 6.31. The fourth-order valence-corrected chi connectivity index (χ4v) is 1.14. The third kappa shape index (κ3) is 8.22. The van der Waals surface area contributed by atoms with Gasteiger partial charge in [-0.3, -0.25) is 11.5 Å². The molecule has 0 radical (unpaired) electrons. The van der Waals surface area contributed by atoms with Crippen molar-refractivity contribution in [3.63, 3.8) is 0 Å². The lowest BCUT2D eigenvalue weighted by Crippen LogP contribution is -2.52. The van der Waals surface area contributed by atoms with Crippen LogP contribution in [0, 0.1) is 0 Å². The Hall–Kier alpha value is -0.120. The molecular weight excluding hydrogens is 164 g/mol. The summed E-state index contributed by atoms with van der Waals surface area (Å²) in [4.78, 5) is 0. The van der Waals surface area contributed by atoms with E-state index in [2.05, 4.69) is 13.8 Å². The Morgan fingerprint density at radius 3 is 2.15 bits per heavy atom. The second kappa shape index (κ2) is 7.30. The Balaban J connectivity index is 3.39. The Morgan fingerprint density at radius 2 is 1.62 bits per heavy atom. The lowest BCUT2D eigenvalue weighted by molar-refractivity contribution is -0.0455. The zero-order valence-electron chi connectivity index (χ0n) is 9.01. The van der Waals surface area contributed by atoms with Crippen molar-refractivity contribution in [3.8, 4) is 0 Å². The molecule has 13 heavy (non-hydrogen) atoms. The normalized spacial score (nSPS) is 12.0. The van der Waals surface area contributed by atoms with Crippen LogP contribution in [-0.4, -0.2) is 12.5 Å². The maximum atomic E-state index is 5.74. The molecule has 0 rings (SSSR count). The Bertz CT molecular complexity index is 115. The zero-order chi connectivity index (χ0) is 10.2. The molecule has 80 valence electrons. The van der Waals surface area contributed by atoms with Gasteiger partial charge in [-0.25, -0.2) is 0 Å². The largest absolute Gasteiger partial charge is 0.348 e. The van der Waals surface area contributed by atoms with Gasteiger partial charge in [0.25, 0.3) is 0 Å². The lowest BCUT2D eigenvalue weighted by atomic mass is 10.2. The van der Waals surface area contributed by atoms with Gasteiger partial charge in [0, 0.05) is 6.42 Å². The number of hydrogen-bond acceptors (Lipinski definition) is 3. The van der Waals surface area contributed by atoms with E-state index >= 15 is 0 Å². The van der Waals surface area contributed by atoms with Gasteiger partial charge in [-0.05, 0) is 12.8 Å². The van der Waals surface area contributed by atoms with Crippen molar-refractivity contribution in [2.75, 3.05) is 6.61 Å². The van der Waals surface area contributed by atoms with Gasteiger partial charge >= 0.3 is 0 Å². The highest BCUT2D eigenvalue weighted by Gasteiger charge is 2.17. The maximum absolute atomic E-state index is 5.74. The second-order valence-electron chi connectivity index (χ2n) is 3.61. The summed E-state index contributed by atoms with van der Waals surface area (Å²) in [5, 5.41) is 0. The number of rotatable bonds is 8. The zero-order valence-corrected chi connectivity index (χ0v) is 9.01. The molecule has 0 aliphatic heterocycles. The van der Waals surface area contributed by atoms with Crippen LogP contribution < -0.4 is 11.5 Å². The lowest BCUT2D eigenvalue weighted by Gasteiger charge is -2.24. The summed E-state index contributed by atoms with van der Waals surface area (Å²) >= 11 is 0. The number of nitrogens with two attached hydrogens (primary N) is 2. The van der Waals surface area contributed by atoms with Crippen molar-refractivity contribution in [2.45, 2.75) is 58.2 Å². The van der Waals surface area contributed by atoms with E-state index in [0.717, 1.165) is 25.7 Å². The molecule has 0 unspecified atom stereocenters. The van der Waals surface area contributed by atoms with E-state index in [9.17, 15) is 0 Å². The van der Waals surface area contributed by atoms with Crippen LogP contribution in [0.3, 0.4) is 0 Å². The van der Waals surface area contributed by atoms with Crippen LogP contribution in [-0.2, 0) is 4.74 Å². The maximum Gasteiger partial charge on any atom is 0.169 e. The first kappa shape index (κ1) is 12.9. The van der Waals surface area contributed by atoms with E-state index in [0.29, 0.717) is 6.61 Å². The van der Waals surface area contributed by atoms with Gasteiger partial charge in [-0.2, -0.15) is 0 Å². The van der Waals surface area contributed by atoms with Crippen LogP contribution in [0.25, 0.3) is 0 Å². The van der Waals surface area contributed by atoms with Gasteiger partial charge in [-0.1, -0.05) is 33.1 Å². The highest BCUT2D eigenvalue weighted by Crippen LogP contribution is 2.08. The number of ether oxygens (including phenoxy) is 1. The van der Waals surface area contributed by atoms with Crippen LogP contribution in [0.15, 0.2) is 0 Å². The molecule has 3 heteroatoms. The van der Waals surface area contributed by atoms with Crippen molar-refractivity contribution < 1.29 is 4.74 Å². The van der Waals surface area contributed by atoms with Crippen LogP contribution in [0.1, 0.15) is 52.4 Å². The molecule has 0 aromatic carbocycles. The third-order valence-corrected chi connectivity index (χ3v) is 2.04. The summed E-state index contributed by atoms with van der Waals surface area (Å²) in [7, 11) is 0. The molecule has 0 spiro atoms. The SMILES string of the molecule is CCCCCOC(N)(N)CCCC. The van der Waals surface area contributed by atoms with Crippen LogP contribution >= 0.6 is 0 Å². The molecular formula is C10H24N2O. The van der Waals surface area contributed by atoms with Crippen molar-refractivity contribution in [1.82, 2.24) is 0 Å². The van der Waals surface area contributed by atoms with Crippen molar-refractivity contribution in [3.05, 3.63) is 0 Å². The highest BCUT2D eigenvalue weighted by molar-refractivity contribution is 4.63. The fourth-order valence-electron chi connectivity index (χ4n) is 1.14. The van der Waals surface area contributed by atoms with E-state index in [1.54, 1.807) is 0 Å². The van der Waals surface area contributed by atoms with Crippen LogP contribution in [0.2, 0.25) is 0 Å². The minimum absolute atomic E-state index is 0.685. The molecule has 0 aromatic heterocycles. The Kier molecular flexibility index (Phi) is 7.23.